The first-order valence-corrected chi connectivity index (χ1v) is 7.28. The van der Waals surface area contributed by atoms with Gasteiger partial charge >= 0.3 is 0 Å². The Hall–Kier alpha value is -2.22. The minimum Gasteiger partial charge on any atom is -0.486 e. The number of amides is 3. The molecule has 0 bridgehead atoms. The van der Waals surface area contributed by atoms with Gasteiger partial charge in [0.1, 0.15) is 19.8 Å². The predicted molar refractivity (Wildman–Crippen MR) is 75.6 cm³/mol. The second kappa shape index (κ2) is 5.65. The van der Waals surface area contributed by atoms with E-state index in [9.17, 15) is 14.4 Å². The van der Waals surface area contributed by atoms with Gasteiger partial charge in [-0.1, -0.05) is 11.8 Å². The molecule has 0 saturated carbocycles. The second-order valence-electron chi connectivity index (χ2n) is 4.44. The summed E-state index contributed by atoms with van der Waals surface area (Å²) < 4.78 is 10.8. The molecule has 3 rings (SSSR count). The van der Waals surface area contributed by atoms with Crippen molar-refractivity contribution in [2.75, 3.05) is 30.8 Å². The lowest BCUT2D eigenvalue weighted by Gasteiger charge is -2.19. The number of benzene rings is 1. The molecular formula is C13H12N2O5S. The van der Waals surface area contributed by atoms with Crippen LogP contribution in [0.5, 0.6) is 11.5 Å². The number of carbonyl (C=O) groups is 3. The lowest BCUT2D eigenvalue weighted by Crippen LogP contribution is -2.36. The zero-order valence-electron chi connectivity index (χ0n) is 11.0. The number of hydrogen-bond acceptors (Lipinski definition) is 6. The zero-order chi connectivity index (χ0) is 14.8. The third kappa shape index (κ3) is 2.94. The number of ether oxygens (including phenoxy) is 2. The third-order valence-electron chi connectivity index (χ3n) is 2.97. The van der Waals surface area contributed by atoms with E-state index < -0.39 is 11.1 Å². The van der Waals surface area contributed by atoms with Crippen LogP contribution in [-0.4, -0.2) is 47.5 Å². The van der Waals surface area contributed by atoms with Crippen molar-refractivity contribution < 1.29 is 23.9 Å². The maximum Gasteiger partial charge on any atom is 0.289 e. The molecule has 1 N–H and O–H groups in total. The van der Waals surface area contributed by atoms with E-state index in [4.69, 9.17) is 9.47 Å². The highest BCUT2D eigenvalue weighted by Crippen LogP contribution is 2.32. The summed E-state index contributed by atoms with van der Waals surface area (Å²) in [5.74, 6) is 0.498. The van der Waals surface area contributed by atoms with E-state index >= 15 is 0 Å². The number of thioether (sulfide) groups is 1. The molecule has 21 heavy (non-hydrogen) atoms. The Morgan fingerprint density at radius 2 is 2.00 bits per heavy atom. The Kier molecular flexibility index (Phi) is 3.70. The SMILES string of the molecule is O=C(CN1C(=O)CSC1=O)Nc1ccc2c(c1)OCCO2. The molecule has 0 aromatic heterocycles. The van der Waals surface area contributed by atoms with Crippen LogP contribution in [0.2, 0.25) is 0 Å². The van der Waals surface area contributed by atoms with E-state index in [2.05, 4.69) is 5.32 Å². The average Bonchev–Trinajstić information content (AvgIpc) is 2.79. The molecule has 0 atom stereocenters. The summed E-state index contributed by atoms with van der Waals surface area (Å²) in [5, 5.41) is 2.24. The van der Waals surface area contributed by atoms with Crippen LogP contribution in [0.25, 0.3) is 0 Å². The summed E-state index contributed by atoms with van der Waals surface area (Å²) in [7, 11) is 0. The topological polar surface area (TPSA) is 84.9 Å². The molecule has 0 radical (unpaired) electrons. The number of imide groups is 1. The Bertz CT molecular complexity index is 603. The van der Waals surface area contributed by atoms with Crippen LogP contribution in [0.1, 0.15) is 0 Å². The summed E-state index contributed by atoms with van der Waals surface area (Å²) in [6.45, 7) is 0.674. The number of anilines is 1. The molecule has 2 heterocycles. The van der Waals surface area contributed by atoms with Crippen molar-refractivity contribution in [2.24, 2.45) is 0 Å². The quantitative estimate of drug-likeness (QED) is 0.900. The molecule has 0 unspecified atom stereocenters. The summed E-state index contributed by atoms with van der Waals surface area (Å²) >= 11 is 0.901. The molecule has 1 saturated heterocycles. The summed E-state index contributed by atoms with van der Waals surface area (Å²) in [6, 6.07) is 5.02. The van der Waals surface area contributed by atoms with Crippen LogP contribution in [0.4, 0.5) is 10.5 Å². The summed E-state index contributed by atoms with van der Waals surface area (Å²) in [6.07, 6.45) is 0. The van der Waals surface area contributed by atoms with Crippen LogP contribution in [-0.2, 0) is 9.59 Å². The van der Waals surface area contributed by atoms with Gasteiger partial charge in [-0.05, 0) is 12.1 Å². The van der Waals surface area contributed by atoms with Crippen LogP contribution in [0.15, 0.2) is 18.2 Å². The van der Waals surface area contributed by atoms with Crippen LogP contribution in [0, 0.1) is 0 Å². The number of hydrogen-bond donors (Lipinski definition) is 1. The van der Waals surface area contributed by atoms with Crippen molar-refractivity contribution in [1.29, 1.82) is 0 Å². The molecule has 110 valence electrons. The minimum absolute atomic E-state index is 0.0934. The smallest absolute Gasteiger partial charge is 0.289 e. The van der Waals surface area contributed by atoms with Gasteiger partial charge in [0, 0.05) is 11.8 Å². The fraction of sp³-hybridized carbons (Fsp3) is 0.308. The van der Waals surface area contributed by atoms with E-state index in [-0.39, 0.29) is 18.2 Å². The second-order valence-corrected chi connectivity index (χ2v) is 5.37. The molecule has 2 aliphatic heterocycles. The van der Waals surface area contributed by atoms with E-state index in [1.807, 2.05) is 0 Å². The molecule has 1 aromatic rings. The van der Waals surface area contributed by atoms with Crippen LogP contribution >= 0.6 is 11.8 Å². The van der Waals surface area contributed by atoms with Crippen molar-refractivity contribution in [3.05, 3.63) is 18.2 Å². The Morgan fingerprint density at radius 1 is 1.24 bits per heavy atom. The Balaban J connectivity index is 1.65. The average molecular weight is 308 g/mol. The van der Waals surface area contributed by atoms with E-state index in [1.54, 1.807) is 18.2 Å². The normalized spacial score (nSPS) is 17.0. The van der Waals surface area contributed by atoms with Crippen molar-refractivity contribution >= 4 is 34.5 Å². The van der Waals surface area contributed by atoms with Crippen molar-refractivity contribution in [3.63, 3.8) is 0 Å². The standard InChI is InChI=1S/C13H12N2O5S/c16-11(6-15-12(17)7-21-13(15)18)14-8-1-2-9-10(5-8)20-4-3-19-9/h1-2,5H,3-4,6-7H2,(H,14,16). The van der Waals surface area contributed by atoms with E-state index in [0.29, 0.717) is 30.4 Å². The van der Waals surface area contributed by atoms with Gasteiger partial charge in [-0.25, -0.2) is 0 Å². The first kappa shape index (κ1) is 13.7. The van der Waals surface area contributed by atoms with Crippen molar-refractivity contribution in [2.45, 2.75) is 0 Å². The van der Waals surface area contributed by atoms with E-state index in [1.165, 1.54) is 0 Å². The van der Waals surface area contributed by atoms with Gasteiger partial charge in [-0.3, -0.25) is 19.3 Å². The molecule has 7 nitrogen and oxygen atoms in total. The third-order valence-corrected chi connectivity index (χ3v) is 3.83. The molecule has 0 aliphatic carbocycles. The minimum atomic E-state index is -0.434. The van der Waals surface area contributed by atoms with Gasteiger partial charge in [-0.2, -0.15) is 0 Å². The van der Waals surface area contributed by atoms with Gasteiger partial charge in [0.2, 0.25) is 11.8 Å². The van der Waals surface area contributed by atoms with Crippen LogP contribution in [0.3, 0.4) is 0 Å². The van der Waals surface area contributed by atoms with Crippen molar-refractivity contribution in [1.82, 2.24) is 4.90 Å². The number of nitrogens with zero attached hydrogens (tertiary/aromatic N) is 1. The van der Waals surface area contributed by atoms with Crippen LogP contribution < -0.4 is 14.8 Å². The van der Waals surface area contributed by atoms with E-state index in [0.717, 1.165) is 16.7 Å². The maximum absolute atomic E-state index is 11.9. The lowest BCUT2D eigenvalue weighted by molar-refractivity contribution is -0.128. The van der Waals surface area contributed by atoms with Gasteiger partial charge in [-0.15, -0.1) is 0 Å². The molecular weight excluding hydrogens is 296 g/mol. The summed E-state index contributed by atoms with van der Waals surface area (Å²) in [5.41, 5.74) is 0.524. The lowest BCUT2D eigenvalue weighted by atomic mass is 10.2. The first-order valence-electron chi connectivity index (χ1n) is 6.30. The molecule has 3 amide bonds. The highest BCUT2D eigenvalue weighted by molar-refractivity contribution is 8.14. The van der Waals surface area contributed by atoms with Gasteiger partial charge in [0.15, 0.2) is 11.5 Å². The maximum atomic E-state index is 11.9. The zero-order valence-corrected chi connectivity index (χ0v) is 11.8. The highest BCUT2D eigenvalue weighted by Gasteiger charge is 2.31. The molecule has 2 aliphatic rings. The molecule has 1 aromatic carbocycles. The first-order chi connectivity index (χ1) is 10.1. The fourth-order valence-corrected chi connectivity index (χ4v) is 2.72. The predicted octanol–water partition coefficient (Wildman–Crippen LogP) is 1.09. The number of fused-ring (bicyclic) bond motifs is 1. The van der Waals surface area contributed by atoms with Crippen molar-refractivity contribution in [3.8, 4) is 11.5 Å². The largest absolute Gasteiger partial charge is 0.486 e. The number of nitrogens with one attached hydrogen (secondary N) is 1. The highest BCUT2D eigenvalue weighted by atomic mass is 32.2. The monoisotopic (exact) mass is 308 g/mol. The van der Waals surface area contributed by atoms with Gasteiger partial charge in [0.05, 0.1) is 5.75 Å². The number of rotatable bonds is 3. The molecule has 0 spiro atoms. The molecule has 8 heteroatoms. The van der Waals surface area contributed by atoms with Gasteiger partial charge < -0.3 is 14.8 Å². The Labute approximate surface area is 124 Å². The summed E-state index contributed by atoms with van der Waals surface area (Å²) in [4.78, 5) is 35.7. The Morgan fingerprint density at radius 3 is 2.71 bits per heavy atom. The van der Waals surface area contributed by atoms with Gasteiger partial charge in [0.25, 0.3) is 5.24 Å². The number of carbonyl (C=O) groups excluding carboxylic acids is 3. The fourth-order valence-electron chi connectivity index (χ4n) is 2.00. The molecule has 1 fully saturated rings.